The number of aryl methyl sites for hydroxylation is 1. The number of carboxylic acid groups (broad SMARTS) is 1. The molecule has 12 heteroatoms. The highest BCUT2D eigenvalue weighted by atomic mass is 35.5. The molecule has 0 radical (unpaired) electrons. The van der Waals surface area contributed by atoms with Crippen LogP contribution in [0.1, 0.15) is 18.3 Å². The topological polar surface area (TPSA) is 87.5 Å². The van der Waals surface area contributed by atoms with Crippen molar-refractivity contribution in [3.63, 3.8) is 0 Å². The van der Waals surface area contributed by atoms with Gasteiger partial charge in [0.15, 0.2) is 0 Å². The molecule has 0 bridgehead atoms. The van der Waals surface area contributed by atoms with Gasteiger partial charge in [-0.3, -0.25) is 14.3 Å². The number of anilines is 1. The second kappa shape index (κ2) is 13.3. The molecule has 0 aliphatic rings. The van der Waals surface area contributed by atoms with Crippen molar-refractivity contribution >= 4 is 35.0 Å². The predicted octanol–water partition coefficient (Wildman–Crippen LogP) is 5.42. The summed E-state index contributed by atoms with van der Waals surface area (Å²) in [4.78, 5) is 28.3. The first kappa shape index (κ1) is 29.2. The molecule has 0 unspecified atom stereocenters. The van der Waals surface area contributed by atoms with E-state index in [2.05, 4.69) is 22.1 Å². The molecule has 1 heterocycles. The molecule has 0 amide bonds. The molecule has 3 rings (SSSR count). The zero-order valence-corrected chi connectivity index (χ0v) is 21.0. The average molecular weight is 545 g/mol. The fraction of sp³-hybridized carbons (Fsp3) is 0.292. The summed E-state index contributed by atoms with van der Waals surface area (Å²) in [6, 6.07) is 16.6. The molecule has 0 fully saturated rings. The van der Waals surface area contributed by atoms with Crippen LogP contribution in [-0.2, 0) is 11.3 Å². The number of carboxylic acids is 1. The minimum atomic E-state index is -5.08. The van der Waals surface area contributed by atoms with E-state index in [0.29, 0.717) is 28.2 Å². The standard InChI is InChI=1S/C22H24Cl2N4O.C2HF3O2/c1-3-27(15-17-11-18(23)13-19(24)12-17)10-9-25-21-14-22(29)28(16(2)26-21)20-7-5-4-6-8-20;3-2(4,5)1(6)7/h4-8,11-14,25H,3,9-10,15H2,1-2H3;(H,6,7). The van der Waals surface area contributed by atoms with E-state index in [1.807, 2.05) is 49.4 Å². The first-order valence-corrected chi connectivity index (χ1v) is 11.5. The minimum absolute atomic E-state index is 0.105. The van der Waals surface area contributed by atoms with Gasteiger partial charge < -0.3 is 10.4 Å². The van der Waals surface area contributed by atoms with Gasteiger partial charge in [0.2, 0.25) is 0 Å². The van der Waals surface area contributed by atoms with Crippen LogP contribution in [0.15, 0.2) is 59.4 Å². The van der Waals surface area contributed by atoms with Gasteiger partial charge in [-0.2, -0.15) is 13.2 Å². The van der Waals surface area contributed by atoms with Crippen LogP contribution in [0.3, 0.4) is 0 Å². The molecule has 2 N–H and O–H groups in total. The predicted molar refractivity (Wildman–Crippen MR) is 134 cm³/mol. The van der Waals surface area contributed by atoms with Gasteiger partial charge in [0.1, 0.15) is 11.6 Å². The second-order valence-electron chi connectivity index (χ2n) is 7.57. The number of aromatic nitrogens is 2. The summed E-state index contributed by atoms with van der Waals surface area (Å²) in [7, 11) is 0. The Morgan fingerprint density at radius 2 is 1.69 bits per heavy atom. The number of alkyl halides is 3. The SMILES string of the molecule is CCN(CCNc1cc(=O)n(-c2ccccc2)c(C)n1)Cc1cc(Cl)cc(Cl)c1.O=C(O)C(F)(F)F. The largest absolute Gasteiger partial charge is 0.490 e. The maximum absolute atomic E-state index is 12.6. The zero-order chi connectivity index (χ0) is 26.9. The number of nitrogens with one attached hydrogen (secondary N) is 1. The third-order valence-electron chi connectivity index (χ3n) is 4.85. The number of hydrogen-bond donors (Lipinski definition) is 2. The number of aliphatic carboxylic acids is 1. The monoisotopic (exact) mass is 544 g/mol. The van der Waals surface area contributed by atoms with Crippen LogP contribution in [0.25, 0.3) is 5.69 Å². The van der Waals surface area contributed by atoms with Crippen molar-refractivity contribution in [3.8, 4) is 5.69 Å². The molecule has 7 nitrogen and oxygen atoms in total. The van der Waals surface area contributed by atoms with Gasteiger partial charge in [-0.25, -0.2) is 9.78 Å². The van der Waals surface area contributed by atoms with Crippen LogP contribution >= 0.6 is 23.2 Å². The lowest BCUT2D eigenvalue weighted by atomic mass is 10.2. The number of likely N-dealkylation sites (N-methyl/N-ethyl adjacent to an activating group) is 1. The summed E-state index contributed by atoms with van der Waals surface area (Å²) in [5.41, 5.74) is 1.78. The molecule has 0 atom stereocenters. The molecule has 3 aromatic rings. The first-order valence-electron chi connectivity index (χ1n) is 10.8. The van der Waals surface area contributed by atoms with Crippen LogP contribution in [-0.4, -0.2) is 51.3 Å². The summed E-state index contributed by atoms with van der Waals surface area (Å²) in [6.45, 7) is 7.04. The van der Waals surface area contributed by atoms with Crippen LogP contribution in [0.4, 0.5) is 19.0 Å². The molecule has 1 aromatic heterocycles. The summed E-state index contributed by atoms with van der Waals surface area (Å²) in [5, 5.41) is 11.7. The van der Waals surface area contributed by atoms with E-state index in [9.17, 15) is 18.0 Å². The molecule has 0 saturated carbocycles. The van der Waals surface area contributed by atoms with E-state index < -0.39 is 12.1 Å². The lowest BCUT2D eigenvalue weighted by Crippen LogP contribution is -2.29. The van der Waals surface area contributed by atoms with E-state index in [1.54, 1.807) is 10.6 Å². The Labute approximate surface area is 216 Å². The van der Waals surface area contributed by atoms with Gasteiger partial charge in [0.05, 0.1) is 5.69 Å². The lowest BCUT2D eigenvalue weighted by Gasteiger charge is -2.21. The molecule has 2 aromatic carbocycles. The van der Waals surface area contributed by atoms with E-state index in [4.69, 9.17) is 33.1 Å². The summed E-state index contributed by atoms with van der Waals surface area (Å²) in [6.07, 6.45) is -5.08. The normalized spacial score (nSPS) is 11.1. The highest BCUT2D eigenvalue weighted by molar-refractivity contribution is 6.34. The van der Waals surface area contributed by atoms with Crippen molar-refractivity contribution in [2.75, 3.05) is 25.0 Å². The smallest absolute Gasteiger partial charge is 0.475 e. The van der Waals surface area contributed by atoms with Crippen molar-refractivity contribution < 1.29 is 23.1 Å². The molecule has 194 valence electrons. The number of para-hydroxylation sites is 1. The lowest BCUT2D eigenvalue weighted by molar-refractivity contribution is -0.192. The van der Waals surface area contributed by atoms with E-state index in [1.165, 1.54) is 6.07 Å². The number of carbonyl (C=O) groups is 1. The zero-order valence-electron chi connectivity index (χ0n) is 19.5. The van der Waals surface area contributed by atoms with Crippen LogP contribution < -0.4 is 10.9 Å². The van der Waals surface area contributed by atoms with Crippen molar-refractivity contribution in [1.82, 2.24) is 14.5 Å². The van der Waals surface area contributed by atoms with Gasteiger partial charge in [-0.15, -0.1) is 0 Å². The van der Waals surface area contributed by atoms with Gasteiger partial charge in [-0.05, 0) is 49.4 Å². The van der Waals surface area contributed by atoms with Crippen molar-refractivity contribution in [2.45, 2.75) is 26.6 Å². The van der Waals surface area contributed by atoms with Crippen molar-refractivity contribution in [1.29, 1.82) is 0 Å². The number of nitrogens with zero attached hydrogens (tertiary/aromatic N) is 3. The minimum Gasteiger partial charge on any atom is -0.475 e. The van der Waals surface area contributed by atoms with Gasteiger partial charge in [-0.1, -0.05) is 48.3 Å². The first-order chi connectivity index (χ1) is 16.9. The molecule has 0 aliphatic carbocycles. The molecular formula is C24H25Cl2F3N4O3. The van der Waals surface area contributed by atoms with E-state index in [0.717, 1.165) is 30.9 Å². The highest BCUT2D eigenvalue weighted by Crippen LogP contribution is 2.20. The quantitative estimate of drug-likeness (QED) is 0.394. The summed E-state index contributed by atoms with van der Waals surface area (Å²) < 4.78 is 33.3. The fourth-order valence-corrected chi connectivity index (χ4v) is 3.80. The Balaban J connectivity index is 0.000000572. The van der Waals surface area contributed by atoms with Crippen LogP contribution in [0.2, 0.25) is 10.0 Å². The number of rotatable bonds is 8. The average Bonchev–Trinajstić information content (AvgIpc) is 2.78. The Bertz CT molecular complexity index is 1200. The summed E-state index contributed by atoms with van der Waals surface area (Å²) in [5.74, 6) is -1.53. The maximum Gasteiger partial charge on any atom is 0.490 e. The van der Waals surface area contributed by atoms with E-state index >= 15 is 0 Å². The van der Waals surface area contributed by atoms with Crippen molar-refractivity contribution in [3.05, 3.63) is 86.4 Å². The molecule has 0 saturated heterocycles. The van der Waals surface area contributed by atoms with Gasteiger partial charge in [0.25, 0.3) is 5.56 Å². The second-order valence-corrected chi connectivity index (χ2v) is 8.45. The highest BCUT2D eigenvalue weighted by Gasteiger charge is 2.38. The fourth-order valence-electron chi connectivity index (χ4n) is 3.23. The number of benzene rings is 2. The van der Waals surface area contributed by atoms with Crippen LogP contribution in [0.5, 0.6) is 0 Å². The third-order valence-corrected chi connectivity index (χ3v) is 5.29. The Morgan fingerprint density at radius 1 is 1.11 bits per heavy atom. The van der Waals surface area contributed by atoms with Gasteiger partial charge >= 0.3 is 12.1 Å². The molecule has 0 spiro atoms. The Morgan fingerprint density at radius 3 is 2.19 bits per heavy atom. The molecular weight excluding hydrogens is 520 g/mol. The summed E-state index contributed by atoms with van der Waals surface area (Å²) >= 11 is 12.2. The Kier molecular flexibility index (Phi) is 10.8. The molecule has 36 heavy (non-hydrogen) atoms. The number of halogens is 5. The maximum atomic E-state index is 12.6. The van der Waals surface area contributed by atoms with Crippen molar-refractivity contribution in [2.24, 2.45) is 0 Å². The number of hydrogen-bond acceptors (Lipinski definition) is 5. The van der Waals surface area contributed by atoms with Crippen LogP contribution in [0, 0.1) is 6.92 Å². The third kappa shape index (κ3) is 9.18. The molecule has 0 aliphatic heterocycles. The van der Waals surface area contributed by atoms with E-state index in [-0.39, 0.29) is 5.56 Å². The van der Waals surface area contributed by atoms with Gasteiger partial charge in [0, 0.05) is 35.7 Å². The Hall–Kier alpha value is -3.08.